The second-order valence-corrected chi connectivity index (χ2v) is 7.22. The van der Waals surface area contributed by atoms with Gasteiger partial charge in [0.2, 0.25) is 0 Å². The zero-order chi connectivity index (χ0) is 19.1. The predicted molar refractivity (Wildman–Crippen MR) is 116 cm³/mol. The van der Waals surface area contributed by atoms with Crippen LogP contribution in [-0.4, -0.2) is 7.11 Å². The number of benzene rings is 3. The minimum Gasteiger partial charge on any atom is -0.496 e. The summed E-state index contributed by atoms with van der Waals surface area (Å²) in [7, 11) is 1.74. The molecule has 1 heterocycles. The number of aryl methyl sites for hydroxylation is 1. The number of furan rings is 1. The Balaban J connectivity index is 1.71. The van der Waals surface area contributed by atoms with Gasteiger partial charge >= 0.3 is 0 Å². The van der Waals surface area contributed by atoms with Gasteiger partial charge in [-0.15, -0.1) is 0 Å². The Kier molecular flexibility index (Phi) is 4.05. The Bertz CT molecular complexity index is 1210. The molecule has 0 fully saturated rings. The van der Waals surface area contributed by atoms with Crippen molar-refractivity contribution in [1.29, 1.82) is 0 Å². The quantitative estimate of drug-likeness (QED) is 0.398. The number of hydrogen-bond acceptors (Lipinski definition) is 2. The summed E-state index contributed by atoms with van der Waals surface area (Å²) in [5, 5.41) is 2.32. The fourth-order valence-corrected chi connectivity index (χ4v) is 4.31. The Labute approximate surface area is 165 Å². The van der Waals surface area contributed by atoms with E-state index in [2.05, 4.69) is 55.5 Å². The second-order valence-electron chi connectivity index (χ2n) is 7.22. The van der Waals surface area contributed by atoms with Gasteiger partial charge in [-0.3, -0.25) is 0 Å². The third-order valence-corrected chi connectivity index (χ3v) is 5.68. The van der Waals surface area contributed by atoms with Crippen molar-refractivity contribution in [3.8, 4) is 16.9 Å². The summed E-state index contributed by atoms with van der Waals surface area (Å²) in [6, 6.07) is 21.2. The number of fused-ring (bicyclic) bond motifs is 2. The van der Waals surface area contributed by atoms with Crippen LogP contribution in [0.1, 0.15) is 29.4 Å². The van der Waals surface area contributed by atoms with Crippen LogP contribution in [0, 0.1) is 0 Å². The van der Waals surface area contributed by atoms with E-state index in [0.29, 0.717) is 0 Å². The molecule has 3 aromatic carbocycles. The van der Waals surface area contributed by atoms with Crippen molar-refractivity contribution in [3.63, 3.8) is 0 Å². The lowest BCUT2D eigenvalue weighted by atomic mass is 9.90. The molecule has 0 bridgehead atoms. The molecule has 28 heavy (non-hydrogen) atoms. The van der Waals surface area contributed by atoms with Gasteiger partial charge in [0.05, 0.1) is 13.4 Å². The maximum Gasteiger partial charge on any atom is 0.138 e. The zero-order valence-electron chi connectivity index (χ0n) is 16.2. The van der Waals surface area contributed by atoms with Crippen molar-refractivity contribution in [2.45, 2.75) is 19.8 Å². The molecule has 1 aliphatic carbocycles. The SMILES string of the molecule is CCc1ccc2c(c1-c1ccccc1OC)C=C(c1occ3ccccc13)C2. The average Bonchev–Trinajstić information content (AvgIpc) is 3.36. The molecule has 2 heteroatoms. The molecule has 0 radical (unpaired) electrons. The van der Waals surface area contributed by atoms with Crippen LogP contribution in [0.3, 0.4) is 0 Å². The molecular formula is C26H22O2. The topological polar surface area (TPSA) is 22.4 Å². The van der Waals surface area contributed by atoms with E-state index >= 15 is 0 Å². The largest absolute Gasteiger partial charge is 0.496 e. The van der Waals surface area contributed by atoms with E-state index in [0.717, 1.165) is 35.3 Å². The van der Waals surface area contributed by atoms with Gasteiger partial charge in [-0.05, 0) is 40.8 Å². The molecular weight excluding hydrogens is 344 g/mol. The van der Waals surface area contributed by atoms with E-state index in [4.69, 9.17) is 9.15 Å². The number of methoxy groups -OCH3 is 1. The van der Waals surface area contributed by atoms with Crippen LogP contribution in [-0.2, 0) is 12.8 Å². The van der Waals surface area contributed by atoms with Crippen LogP contribution in [0.25, 0.3) is 33.5 Å². The average molecular weight is 366 g/mol. The van der Waals surface area contributed by atoms with Gasteiger partial charge in [-0.25, -0.2) is 0 Å². The van der Waals surface area contributed by atoms with E-state index < -0.39 is 0 Å². The highest BCUT2D eigenvalue weighted by molar-refractivity contribution is 6.01. The summed E-state index contributed by atoms with van der Waals surface area (Å²) in [5.74, 6) is 1.90. The summed E-state index contributed by atoms with van der Waals surface area (Å²) < 4.78 is 11.7. The van der Waals surface area contributed by atoms with Crippen molar-refractivity contribution in [1.82, 2.24) is 0 Å². The van der Waals surface area contributed by atoms with Gasteiger partial charge < -0.3 is 9.15 Å². The maximum absolute atomic E-state index is 5.98. The molecule has 0 unspecified atom stereocenters. The third kappa shape index (κ3) is 2.56. The molecule has 0 saturated carbocycles. The minimum atomic E-state index is 0.888. The van der Waals surface area contributed by atoms with Crippen molar-refractivity contribution in [2.75, 3.05) is 7.11 Å². The Morgan fingerprint density at radius 1 is 0.964 bits per heavy atom. The molecule has 138 valence electrons. The van der Waals surface area contributed by atoms with Gasteiger partial charge in [-0.1, -0.05) is 61.5 Å². The van der Waals surface area contributed by atoms with Gasteiger partial charge in [0, 0.05) is 28.3 Å². The number of rotatable bonds is 4. The molecule has 4 aromatic rings. The summed E-state index contributed by atoms with van der Waals surface area (Å²) in [6.45, 7) is 2.21. The van der Waals surface area contributed by atoms with E-state index in [9.17, 15) is 0 Å². The third-order valence-electron chi connectivity index (χ3n) is 5.68. The summed E-state index contributed by atoms with van der Waals surface area (Å²) >= 11 is 0. The fourth-order valence-electron chi connectivity index (χ4n) is 4.31. The first kappa shape index (κ1) is 16.9. The van der Waals surface area contributed by atoms with Crippen molar-refractivity contribution in [3.05, 3.63) is 89.4 Å². The first-order valence-corrected chi connectivity index (χ1v) is 9.75. The van der Waals surface area contributed by atoms with E-state index in [1.165, 1.54) is 33.2 Å². The molecule has 1 aromatic heterocycles. The molecule has 2 nitrogen and oxygen atoms in total. The van der Waals surface area contributed by atoms with Crippen molar-refractivity contribution in [2.24, 2.45) is 0 Å². The highest BCUT2D eigenvalue weighted by atomic mass is 16.5. The van der Waals surface area contributed by atoms with Crippen LogP contribution in [0.4, 0.5) is 0 Å². The van der Waals surface area contributed by atoms with Crippen molar-refractivity contribution >= 4 is 22.4 Å². The van der Waals surface area contributed by atoms with Crippen LogP contribution < -0.4 is 4.74 Å². The molecule has 0 saturated heterocycles. The maximum atomic E-state index is 5.98. The molecule has 0 amide bonds. The number of para-hydroxylation sites is 1. The number of allylic oxidation sites excluding steroid dienone is 1. The summed E-state index contributed by atoms with van der Waals surface area (Å²) in [4.78, 5) is 0. The Morgan fingerprint density at radius 3 is 2.64 bits per heavy atom. The van der Waals surface area contributed by atoms with Gasteiger partial charge in [-0.2, -0.15) is 0 Å². The number of hydrogen-bond donors (Lipinski definition) is 0. The fraction of sp³-hybridized carbons (Fsp3) is 0.154. The second kappa shape index (κ2) is 6.72. The van der Waals surface area contributed by atoms with Crippen molar-refractivity contribution < 1.29 is 9.15 Å². The zero-order valence-corrected chi connectivity index (χ0v) is 16.2. The standard InChI is InChI=1S/C26H22O2/c1-3-17-12-13-18-14-20(26-21-9-5-4-8-19(21)16-28-26)15-23(18)25(17)22-10-6-7-11-24(22)27-2/h4-13,15-16H,3,14H2,1-2H3. The highest BCUT2D eigenvalue weighted by Gasteiger charge is 2.23. The molecule has 1 aliphatic rings. The van der Waals surface area contributed by atoms with E-state index in [1.807, 2.05) is 24.5 Å². The van der Waals surface area contributed by atoms with Gasteiger partial charge in [0.1, 0.15) is 11.5 Å². The smallest absolute Gasteiger partial charge is 0.138 e. The molecule has 0 spiro atoms. The summed E-state index contributed by atoms with van der Waals surface area (Å²) in [5.41, 5.74) is 7.64. The lowest BCUT2D eigenvalue weighted by Crippen LogP contribution is -1.96. The van der Waals surface area contributed by atoms with Crippen LogP contribution >= 0.6 is 0 Å². The van der Waals surface area contributed by atoms with E-state index in [1.54, 1.807) is 7.11 Å². The Hall–Kier alpha value is -3.26. The molecule has 5 rings (SSSR count). The lowest BCUT2D eigenvalue weighted by Gasteiger charge is -2.16. The highest BCUT2D eigenvalue weighted by Crippen LogP contribution is 2.43. The minimum absolute atomic E-state index is 0.888. The van der Waals surface area contributed by atoms with E-state index in [-0.39, 0.29) is 0 Å². The monoisotopic (exact) mass is 366 g/mol. The molecule has 0 aliphatic heterocycles. The Morgan fingerprint density at radius 2 is 1.79 bits per heavy atom. The first-order valence-electron chi connectivity index (χ1n) is 9.75. The van der Waals surface area contributed by atoms with Crippen LogP contribution in [0.2, 0.25) is 0 Å². The van der Waals surface area contributed by atoms with Crippen LogP contribution in [0.5, 0.6) is 5.75 Å². The number of ether oxygens (including phenoxy) is 1. The molecule has 0 atom stereocenters. The molecule has 0 N–H and O–H groups in total. The summed E-state index contributed by atoms with van der Waals surface area (Å²) in [6.07, 6.45) is 6.03. The first-order chi connectivity index (χ1) is 13.8. The van der Waals surface area contributed by atoms with Gasteiger partial charge in [0.25, 0.3) is 0 Å². The normalized spacial score (nSPS) is 12.9. The lowest BCUT2D eigenvalue weighted by molar-refractivity contribution is 0.416. The van der Waals surface area contributed by atoms with Gasteiger partial charge in [0.15, 0.2) is 0 Å². The van der Waals surface area contributed by atoms with Crippen LogP contribution in [0.15, 0.2) is 71.3 Å². The predicted octanol–water partition coefficient (Wildman–Crippen LogP) is 6.77.